The molecule has 0 fully saturated rings. The van der Waals surface area contributed by atoms with Gasteiger partial charge in [0.05, 0.1) is 28.6 Å². The quantitative estimate of drug-likeness (QED) is 0.555. The molecule has 154 valence electrons. The van der Waals surface area contributed by atoms with E-state index in [-0.39, 0.29) is 29.6 Å². The van der Waals surface area contributed by atoms with Crippen LogP contribution in [-0.4, -0.2) is 49.9 Å². The summed E-state index contributed by atoms with van der Waals surface area (Å²) in [5.74, 6) is -0.636. The van der Waals surface area contributed by atoms with Crippen molar-refractivity contribution in [3.63, 3.8) is 0 Å². The van der Waals surface area contributed by atoms with Gasteiger partial charge in [-0.1, -0.05) is 15.7 Å². The maximum absolute atomic E-state index is 13.6. The number of benzene rings is 1. The minimum Gasteiger partial charge on any atom is -0.364 e. The van der Waals surface area contributed by atoms with Crippen LogP contribution in [0.3, 0.4) is 0 Å². The first-order valence-corrected chi connectivity index (χ1v) is 10.6. The fraction of sp³-hybridized carbons (Fsp3) is 0.375. The van der Waals surface area contributed by atoms with Gasteiger partial charge in [-0.3, -0.25) is 4.52 Å². The van der Waals surface area contributed by atoms with Crippen LogP contribution in [0.25, 0.3) is 11.5 Å². The van der Waals surface area contributed by atoms with Crippen LogP contribution in [-0.2, 0) is 21.0 Å². The van der Waals surface area contributed by atoms with Gasteiger partial charge in [-0.15, -0.1) is 0 Å². The second-order valence-corrected chi connectivity index (χ2v) is 8.99. The summed E-state index contributed by atoms with van der Waals surface area (Å²) < 4.78 is 40.2. The summed E-state index contributed by atoms with van der Waals surface area (Å²) in [4.78, 5) is 16.8. The average molecular weight is 424 g/mol. The van der Waals surface area contributed by atoms with Gasteiger partial charge in [0.1, 0.15) is 5.82 Å². The molecule has 2 aromatic heterocycles. The van der Waals surface area contributed by atoms with Gasteiger partial charge in [-0.2, -0.15) is 0 Å². The molecular formula is C16H17FN6O5S. The number of hydrogen-bond donors (Lipinski definition) is 1. The fourth-order valence-electron chi connectivity index (χ4n) is 3.17. The summed E-state index contributed by atoms with van der Waals surface area (Å²) in [6.07, 6.45) is 1.98. The lowest BCUT2D eigenvalue weighted by Gasteiger charge is -2.30. The van der Waals surface area contributed by atoms with Crippen molar-refractivity contribution in [3.05, 3.63) is 45.7 Å². The molecular weight excluding hydrogens is 407 g/mol. The molecule has 13 heteroatoms. The normalized spacial score (nSPS) is 17.3. The number of anilines is 1. The molecule has 1 aromatic carbocycles. The van der Waals surface area contributed by atoms with Gasteiger partial charge in [-0.25, -0.2) is 27.4 Å². The number of nitrogens with one attached hydrogen (secondary N) is 1. The van der Waals surface area contributed by atoms with Crippen molar-refractivity contribution in [2.24, 2.45) is 4.53 Å². The van der Waals surface area contributed by atoms with Gasteiger partial charge >= 0.3 is 5.76 Å². The van der Waals surface area contributed by atoms with Gasteiger partial charge in [0.2, 0.25) is 11.6 Å². The van der Waals surface area contributed by atoms with Crippen molar-refractivity contribution in [1.82, 2.24) is 20.0 Å². The minimum absolute atomic E-state index is 0.0949. The van der Waals surface area contributed by atoms with Crippen molar-refractivity contribution in [1.29, 1.82) is 0 Å². The Balaban J connectivity index is 1.61. The highest BCUT2D eigenvalue weighted by molar-refractivity contribution is 7.92. The fourth-order valence-corrected chi connectivity index (χ4v) is 4.04. The standard InChI is InChI=1S/C16H17FN6O5S/c1-26-22-29(2,25)6-5-18-14-13(19-28-20-14)15-21-27-16(24)23(15)12-7-9-3-4-10(17)8-11(9)12/h3-4,8,12H,5-7H2,1-2H3,(H,18,20). The lowest BCUT2D eigenvalue weighted by atomic mass is 9.83. The minimum atomic E-state index is -2.53. The number of fused-ring (bicyclic) bond motifs is 1. The third-order valence-electron chi connectivity index (χ3n) is 4.53. The topological polar surface area (TPSA) is 138 Å². The Bertz CT molecular complexity index is 1220. The van der Waals surface area contributed by atoms with E-state index in [0.717, 1.165) is 5.56 Å². The third kappa shape index (κ3) is 3.65. The Labute approximate surface area is 163 Å². The molecule has 0 radical (unpaired) electrons. The Morgan fingerprint density at radius 2 is 2.24 bits per heavy atom. The lowest BCUT2D eigenvalue weighted by Crippen LogP contribution is -2.31. The van der Waals surface area contributed by atoms with Gasteiger partial charge in [0.15, 0.2) is 5.69 Å². The first-order valence-electron chi connectivity index (χ1n) is 8.55. The Morgan fingerprint density at radius 3 is 3.03 bits per heavy atom. The maximum atomic E-state index is 13.6. The molecule has 1 aliphatic carbocycles. The molecule has 0 aliphatic heterocycles. The molecule has 0 bridgehead atoms. The third-order valence-corrected chi connectivity index (χ3v) is 5.96. The zero-order chi connectivity index (χ0) is 20.6. The number of halogens is 1. The molecule has 2 heterocycles. The molecule has 4 rings (SSSR count). The van der Waals surface area contributed by atoms with Crippen molar-refractivity contribution >= 4 is 15.5 Å². The SMILES string of the molecule is CON=S(C)(=O)CCNc1nonc1-c1noc(=O)n1C1Cc2ccc(F)cc21. The molecule has 2 unspecified atom stereocenters. The molecule has 0 spiro atoms. The van der Waals surface area contributed by atoms with E-state index in [9.17, 15) is 13.4 Å². The molecule has 11 nitrogen and oxygen atoms in total. The van der Waals surface area contributed by atoms with Crippen LogP contribution < -0.4 is 11.1 Å². The molecule has 1 N–H and O–H groups in total. The van der Waals surface area contributed by atoms with Gasteiger partial charge in [-0.05, 0) is 40.0 Å². The zero-order valence-electron chi connectivity index (χ0n) is 15.5. The van der Waals surface area contributed by atoms with Crippen LogP contribution in [0.15, 0.2) is 36.7 Å². The highest BCUT2D eigenvalue weighted by atomic mass is 32.2. The molecule has 0 saturated heterocycles. The highest BCUT2D eigenvalue weighted by Crippen LogP contribution is 2.38. The molecule has 1 aliphatic rings. The van der Waals surface area contributed by atoms with E-state index in [1.807, 2.05) is 0 Å². The number of aromatic nitrogens is 4. The van der Waals surface area contributed by atoms with Crippen molar-refractivity contribution in [2.45, 2.75) is 12.5 Å². The van der Waals surface area contributed by atoms with Crippen LogP contribution in [0.2, 0.25) is 0 Å². The second-order valence-electron chi connectivity index (χ2n) is 6.51. The molecule has 29 heavy (non-hydrogen) atoms. The van der Waals surface area contributed by atoms with Gasteiger partial charge in [0.25, 0.3) is 0 Å². The smallest absolute Gasteiger partial charge is 0.364 e. The summed E-state index contributed by atoms with van der Waals surface area (Å²) in [6, 6.07) is 3.99. The number of nitrogens with zero attached hydrogens (tertiary/aromatic N) is 5. The van der Waals surface area contributed by atoms with E-state index >= 15 is 0 Å². The van der Waals surface area contributed by atoms with E-state index in [2.05, 4.69) is 30.2 Å². The largest absolute Gasteiger partial charge is 0.442 e. The van der Waals surface area contributed by atoms with Gasteiger partial charge in [0, 0.05) is 12.8 Å². The van der Waals surface area contributed by atoms with Gasteiger partial charge < -0.3 is 5.32 Å². The van der Waals surface area contributed by atoms with Crippen molar-refractivity contribution < 1.29 is 22.6 Å². The van der Waals surface area contributed by atoms with Crippen molar-refractivity contribution in [2.75, 3.05) is 31.0 Å². The molecule has 0 saturated carbocycles. The monoisotopic (exact) mass is 424 g/mol. The van der Waals surface area contributed by atoms with Crippen LogP contribution in [0.1, 0.15) is 17.2 Å². The second kappa shape index (κ2) is 7.40. The van der Waals surface area contributed by atoms with Crippen LogP contribution >= 0.6 is 0 Å². The zero-order valence-corrected chi connectivity index (χ0v) is 16.3. The summed E-state index contributed by atoms with van der Waals surface area (Å²) in [6.45, 7) is 0.225. The summed E-state index contributed by atoms with van der Waals surface area (Å²) in [5.41, 5.74) is 1.76. The summed E-state index contributed by atoms with van der Waals surface area (Å²) in [5, 5.41) is 14.3. The van der Waals surface area contributed by atoms with E-state index in [4.69, 9.17) is 9.15 Å². The highest BCUT2D eigenvalue weighted by Gasteiger charge is 2.34. The van der Waals surface area contributed by atoms with Crippen LogP contribution in [0.4, 0.5) is 10.2 Å². The lowest BCUT2D eigenvalue weighted by molar-refractivity contribution is 0.218. The van der Waals surface area contributed by atoms with E-state index in [1.165, 1.54) is 30.1 Å². The summed E-state index contributed by atoms with van der Waals surface area (Å²) >= 11 is 0. The van der Waals surface area contributed by atoms with Crippen molar-refractivity contribution in [3.8, 4) is 11.5 Å². The predicted molar refractivity (Wildman–Crippen MR) is 99.2 cm³/mol. The van der Waals surface area contributed by atoms with Crippen LogP contribution in [0.5, 0.6) is 0 Å². The Morgan fingerprint density at radius 1 is 1.41 bits per heavy atom. The Kier molecular flexibility index (Phi) is 4.92. The molecule has 2 atom stereocenters. The predicted octanol–water partition coefficient (Wildman–Crippen LogP) is 1.24. The first-order chi connectivity index (χ1) is 13.9. The summed E-state index contributed by atoms with van der Waals surface area (Å²) in [7, 11) is -1.20. The van der Waals surface area contributed by atoms with E-state index in [1.54, 1.807) is 6.07 Å². The van der Waals surface area contributed by atoms with Crippen LogP contribution in [0, 0.1) is 5.82 Å². The van der Waals surface area contributed by atoms with E-state index in [0.29, 0.717) is 12.0 Å². The number of rotatable bonds is 7. The maximum Gasteiger partial charge on any atom is 0.442 e. The first kappa shape index (κ1) is 19.3. The number of hydrogen-bond acceptors (Lipinski definition) is 10. The van der Waals surface area contributed by atoms with E-state index < -0.39 is 27.3 Å². The Hall–Kier alpha value is -3.06. The average Bonchev–Trinajstić information content (AvgIpc) is 3.25. The molecule has 0 amide bonds. The molecule has 3 aromatic rings.